The Morgan fingerprint density at radius 3 is 2.85 bits per heavy atom. The Labute approximate surface area is 228 Å². The summed E-state index contributed by atoms with van der Waals surface area (Å²) >= 11 is 0. The van der Waals surface area contributed by atoms with E-state index in [0.717, 1.165) is 50.1 Å². The number of benzene rings is 1. The van der Waals surface area contributed by atoms with E-state index in [1.54, 1.807) is 18.2 Å². The molecule has 0 aromatic heterocycles. The molecule has 8 heteroatoms. The van der Waals surface area contributed by atoms with Gasteiger partial charge in [0.15, 0.2) is 0 Å². The number of hydrogen-bond acceptors (Lipinski definition) is 5. The molecule has 1 N–H and O–H groups in total. The Hall–Kier alpha value is -3.36. The largest absolute Gasteiger partial charge is 0.463 e. The summed E-state index contributed by atoms with van der Waals surface area (Å²) in [6.07, 6.45) is 21.7. The quantitative estimate of drug-likeness (QED) is 0.226. The monoisotopic (exact) mass is 540 g/mol. The molecule has 5 nitrogen and oxygen atoms in total. The van der Waals surface area contributed by atoms with Crippen molar-refractivity contribution >= 4 is 11.8 Å². The highest BCUT2D eigenvalue weighted by Gasteiger charge is 2.42. The van der Waals surface area contributed by atoms with Crippen LogP contribution >= 0.6 is 0 Å². The summed E-state index contributed by atoms with van der Waals surface area (Å²) in [5.41, 5.74) is 1.94. The zero-order valence-corrected chi connectivity index (χ0v) is 22.2. The SMILES string of the molecule is Cc1c(F)ccc(/C=C/C=C(\C=C\CN2CCC3(CC2)CC(C2C=C/C=C(/CO)C/C=C\2)=NO3)OCF)c1F. The van der Waals surface area contributed by atoms with Gasteiger partial charge in [-0.15, -0.1) is 0 Å². The number of halogens is 3. The third-order valence-electron chi connectivity index (χ3n) is 7.34. The predicted octanol–water partition coefficient (Wildman–Crippen LogP) is 6.33. The third kappa shape index (κ3) is 7.61. The van der Waals surface area contributed by atoms with Crippen molar-refractivity contribution in [2.24, 2.45) is 11.1 Å². The first-order valence-corrected chi connectivity index (χ1v) is 13.2. The van der Waals surface area contributed by atoms with E-state index in [2.05, 4.69) is 28.3 Å². The van der Waals surface area contributed by atoms with Crippen molar-refractivity contribution in [2.45, 2.75) is 38.2 Å². The molecule has 1 aliphatic carbocycles. The minimum atomic E-state index is -0.982. The van der Waals surface area contributed by atoms with Crippen molar-refractivity contribution in [3.63, 3.8) is 0 Å². The van der Waals surface area contributed by atoms with Crippen molar-refractivity contribution < 1.29 is 27.9 Å². The molecule has 4 rings (SSSR count). The van der Waals surface area contributed by atoms with Gasteiger partial charge in [-0.3, -0.25) is 4.90 Å². The van der Waals surface area contributed by atoms with Gasteiger partial charge < -0.3 is 14.7 Å². The molecule has 1 aromatic rings. The molecular weight excluding hydrogens is 505 g/mol. The number of aliphatic hydroxyl groups excluding tert-OH is 1. The standard InChI is InChI=1S/C31H35F3N2O3/c1-23-28(33)14-13-26(30(23)34)10-4-11-27(38-22-32)12-5-17-36-18-15-31(16-19-36)20-29(35-39-31)25-8-2-6-24(21-37)7-3-9-25/h2-6,8-14,25,37H,7,15-22H2,1H3/b8-2?,9-3-,10-4+,12-5+,24-6+,27-11+. The average Bonchev–Trinajstić information content (AvgIpc) is 3.33. The lowest BCUT2D eigenvalue weighted by Gasteiger charge is -2.36. The van der Waals surface area contributed by atoms with Gasteiger partial charge in [0.2, 0.25) is 6.86 Å². The molecule has 0 bridgehead atoms. The summed E-state index contributed by atoms with van der Waals surface area (Å²) in [5.74, 6) is -0.818. The number of hydrogen-bond donors (Lipinski definition) is 1. The Morgan fingerprint density at radius 1 is 1.26 bits per heavy atom. The van der Waals surface area contributed by atoms with E-state index in [9.17, 15) is 18.3 Å². The Balaban J connectivity index is 1.27. The van der Waals surface area contributed by atoms with Gasteiger partial charge in [0.1, 0.15) is 23.0 Å². The van der Waals surface area contributed by atoms with Gasteiger partial charge >= 0.3 is 0 Å². The van der Waals surface area contributed by atoms with E-state index >= 15 is 0 Å². The second kappa shape index (κ2) is 13.6. The molecular formula is C31H35F3N2O3. The lowest BCUT2D eigenvalue weighted by molar-refractivity contribution is -0.0598. The van der Waals surface area contributed by atoms with E-state index in [-0.39, 0.29) is 29.3 Å². The molecule has 0 amide bonds. The number of nitrogens with zero attached hydrogens (tertiary/aromatic N) is 2. The van der Waals surface area contributed by atoms with E-state index in [4.69, 9.17) is 9.57 Å². The van der Waals surface area contributed by atoms with Gasteiger partial charge in [-0.05, 0) is 43.2 Å². The maximum atomic E-state index is 14.2. The minimum Gasteiger partial charge on any atom is -0.463 e. The van der Waals surface area contributed by atoms with Gasteiger partial charge in [-0.2, -0.15) is 0 Å². The first-order valence-electron chi connectivity index (χ1n) is 13.2. The maximum Gasteiger partial charge on any atom is 0.228 e. The van der Waals surface area contributed by atoms with Gasteiger partial charge in [0.25, 0.3) is 0 Å². The molecule has 1 saturated heterocycles. The molecule has 208 valence electrons. The fourth-order valence-corrected chi connectivity index (χ4v) is 4.88. The lowest BCUT2D eigenvalue weighted by Crippen LogP contribution is -2.44. The predicted molar refractivity (Wildman–Crippen MR) is 148 cm³/mol. The lowest BCUT2D eigenvalue weighted by atomic mass is 9.83. The number of allylic oxidation sites excluding steroid dienone is 8. The van der Waals surface area contributed by atoms with E-state index in [0.29, 0.717) is 12.3 Å². The summed E-state index contributed by atoms with van der Waals surface area (Å²) in [4.78, 5) is 8.27. The van der Waals surface area contributed by atoms with Crippen LogP contribution in [0.25, 0.3) is 6.08 Å². The highest BCUT2D eigenvalue weighted by Crippen LogP contribution is 2.37. The highest BCUT2D eigenvalue weighted by molar-refractivity contribution is 5.91. The molecule has 3 aliphatic rings. The second-order valence-electron chi connectivity index (χ2n) is 10.0. The van der Waals surface area contributed by atoms with Crippen LogP contribution in [-0.4, -0.2) is 54.4 Å². The topological polar surface area (TPSA) is 54.3 Å². The summed E-state index contributed by atoms with van der Waals surface area (Å²) in [7, 11) is 0. The zero-order chi connectivity index (χ0) is 27.7. The number of rotatable bonds is 9. The fourth-order valence-electron chi connectivity index (χ4n) is 4.88. The van der Waals surface area contributed by atoms with Crippen molar-refractivity contribution in [3.8, 4) is 0 Å². The summed E-state index contributed by atoms with van der Waals surface area (Å²) in [6.45, 7) is 2.82. The first kappa shape index (κ1) is 28.6. The van der Waals surface area contributed by atoms with Crippen LogP contribution in [0, 0.1) is 24.5 Å². The molecule has 39 heavy (non-hydrogen) atoms. The van der Waals surface area contributed by atoms with Gasteiger partial charge in [0.05, 0.1) is 12.3 Å². The van der Waals surface area contributed by atoms with Crippen molar-refractivity contribution in [1.82, 2.24) is 4.90 Å². The molecule has 1 atom stereocenters. The van der Waals surface area contributed by atoms with Crippen LogP contribution in [0.5, 0.6) is 0 Å². The van der Waals surface area contributed by atoms with Crippen LogP contribution in [0.15, 0.2) is 83.3 Å². The minimum absolute atomic E-state index is 0.0429. The molecule has 0 saturated carbocycles. The second-order valence-corrected chi connectivity index (χ2v) is 10.0. The summed E-state index contributed by atoms with van der Waals surface area (Å²) in [6, 6.07) is 2.57. The molecule has 1 fully saturated rings. The van der Waals surface area contributed by atoms with Crippen molar-refractivity contribution in [1.29, 1.82) is 0 Å². The normalized spacial score (nSPS) is 23.9. The number of alkyl halides is 1. The number of oxime groups is 1. The van der Waals surface area contributed by atoms with E-state index in [1.807, 2.05) is 18.2 Å². The first-order chi connectivity index (χ1) is 18.9. The van der Waals surface area contributed by atoms with Crippen LogP contribution in [0.4, 0.5) is 13.2 Å². The Morgan fingerprint density at radius 2 is 2.08 bits per heavy atom. The average molecular weight is 541 g/mol. The van der Waals surface area contributed by atoms with Gasteiger partial charge in [0, 0.05) is 55.9 Å². The molecule has 1 aromatic carbocycles. The van der Waals surface area contributed by atoms with Crippen molar-refractivity contribution in [3.05, 3.63) is 101 Å². The number of ether oxygens (including phenoxy) is 1. The Kier molecular flexibility index (Phi) is 10.0. The zero-order valence-electron chi connectivity index (χ0n) is 22.2. The summed E-state index contributed by atoms with van der Waals surface area (Å²) < 4.78 is 45.5. The van der Waals surface area contributed by atoms with Gasteiger partial charge in [-0.1, -0.05) is 53.8 Å². The molecule has 1 spiro atoms. The van der Waals surface area contributed by atoms with Crippen LogP contribution in [0.3, 0.4) is 0 Å². The van der Waals surface area contributed by atoms with Crippen LogP contribution in [-0.2, 0) is 9.57 Å². The number of piperidine rings is 1. The maximum absolute atomic E-state index is 14.2. The summed E-state index contributed by atoms with van der Waals surface area (Å²) in [5, 5.41) is 13.8. The van der Waals surface area contributed by atoms with Crippen LogP contribution in [0.1, 0.15) is 36.8 Å². The highest BCUT2D eigenvalue weighted by atomic mass is 19.1. The van der Waals surface area contributed by atoms with Crippen LogP contribution < -0.4 is 0 Å². The molecule has 0 radical (unpaired) electrons. The Bertz CT molecular complexity index is 1220. The number of likely N-dealkylation sites (tertiary alicyclic amines) is 1. The smallest absolute Gasteiger partial charge is 0.228 e. The molecule has 2 aliphatic heterocycles. The van der Waals surface area contributed by atoms with Gasteiger partial charge in [-0.25, -0.2) is 13.2 Å². The number of aliphatic hydroxyl groups is 1. The van der Waals surface area contributed by atoms with E-state index < -0.39 is 18.5 Å². The molecule has 2 heterocycles. The third-order valence-corrected chi connectivity index (χ3v) is 7.34. The van der Waals surface area contributed by atoms with Crippen LogP contribution in [0.2, 0.25) is 0 Å². The fraction of sp³-hybridized carbons (Fsp3) is 0.387. The molecule has 1 unspecified atom stereocenters. The van der Waals surface area contributed by atoms with E-state index in [1.165, 1.54) is 25.1 Å². The van der Waals surface area contributed by atoms with Crippen molar-refractivity contribution in [2.75, 3.05) is 33.1 Å².